The predicted molar refractivity (Wildman–Crippen MR) is 91.5 cm³/mol. The number of carbonyl (C=O) groups is 1. The summed E-state index contributed by atoms with van der Waals surface area (Å²) in [5.41, 5.74) is 6.75. The molecule has 0 saturated carbocycles. The fraction of sp³-hybridized carbons (Fsp3) is 0.105. The molecule has 0 atom stereocenters. The lowest BCUT2D eigenvalue weighted by Crippen LogP contribution is -2.11. The van der Waals surface area contributed by atoms with Crippen LogP contribution in [0.15, 0.2) is 60.8 Å². The zero-order valence-corrected chi connectivity index (χ0v) is 13.4. The SMILES string of the molecule is NC(=O)CCc1ccnc(-c2ccc(Oc3ccc(F)cc3)cc2)n1. The molecule has 0 radical (unpaired) electrons. The Morgan fingerprint density at radius 2 is 1.64 bits per heavy atom. The first-order valence-corrected chi connectivity index (χ1v) is 7.74. The average molecular weight is 337 g/mol. The molecule has 6 heteroatoms. The van der Waals surface area contributed by atoms with Crippen LogP contribution < -0.4 is 10.5 Å². The van der Waals surface area contributed by atoms with E-state index in [2.05, 4.69) is 9.97 Å². The summed E-state index contributed by atoms with van der Waals surface area (Å²) >= 11 is 0. The highest BCUT2D eigenvalue weighted by Gasteiger charge is 2.05. The topological polar surface area (TPSA) is 78.1 Å². The van der Waals surface area contributed by atoms with E-state index >= 15 is 0 Å². The second-order valence-electron chi connectivity index (χ2n) is 5.42. The van der Waals surface area contributed by atoms with Crippen molar-refractivity contribution in [1.29, 1.82) is 0 Å². The number of nitrogens with zero attached hydrogens (tertiary/aromatic N) is 2. The van der Waals surface area contributed by atoms with E-state index in [0.717, 1.165) is 11.3 Å². The molecule has 25 heavy (non-hydrogen) atoms. The highest BCUT2D eigenvalue weighted by Crippen LogP contribution is 2.24. The van der Waals surface area contributed by atoms with E-state index in [-0.39, 0.29) is 18.1 Å². The molecule has 126 valence electrons. The van der Waals surface area contributed by atoms with Gasteiger partial charge in [0.25, 0.3) is 0 Å². The van der Waals surface area contributed by atoms with Gasteiger partial charge < -0.3 is 10.5 Å². The average Bonchev–Trinajstić information content (AvgIpc) is 2.63. The highest BCUT2D eigenvalue weighted by atomic mass is 19.1. The van der Waals surface area contributed by atoms with Crippen molar-refractivity contribution < 1.29 is 13.9 Å². The van der Waals surface area contributed by atoms with Gasteiger partial charge in [0.15, 0.2) is 5.82 Å². The van der Waals surface area contributed by atoms with Gasteiger partial charge in [0, 0.05) is 23.9 Å². The van der Waals surface area contributed by atoms with Crippen LogP contribution >= 0.6 is 0 Å². The Balaban J connectivity index is 1.72. The number of rotatable bonds is 6. The number of halogens is 1. The maximum Gasteiger partial charge on any atom is 0.217 e. The number of benzene rings is 2. The van der Waals surface area contributed by atoms with Gasteiger partial charge in [0.1, 0.15) is 17.3 Å². The lowest BCUT2D eigenvalue weighted by molar-refractivity contribution is -0.118. The molecule has 0 unspecified atom stereocenters. The van der Waals surface area contributed by atoms with E-state index in [1.54, 1.807) is 36.5 Å². The summed E-state index contributed by atoms with van der Waals surface area (Å²) in [6, 6.07) is 14.8. The lowest BCUT2D eigenvalue weighted by atomic mass is 10.2. The number of ether oxygens (including phenoxy) is 1. The number of primary amides is 1. The number of aromatic nitrogens is 2. The summed E-state index contributed by atoms with van der Waals surface area (Å²) in [4.78, 5) is 19.6. The normalized spacial score (nSPS) is 10.4. The minimum absolute atomic E-state index is 0.251. The van der Waals surface area contributed by atoms with Crippen LogP contribution in [-0.2, 0) is 11.2 Å². The van der Waals surface area contributed by atoms with Crippen LogP contribution in [0.25, 0.3) is 11.4 Å². The largest absolute Gasteiger partial charge is 0.457 e. The van der Waals surface area contributed by atoms with E-state index in [4.69, 9.17) is 10.5 Å². The van der Waals surface area contributed by atoms with Crippen molar-refractivity contribution in [1.82, 2.24) is 9.97 Å². The molecule has 0 saturated heterocycles. The molecule has 2 aromatic carbocycles. The standard InChI is InChI=1S/C19H16FN3O2/c20-14-3-8-17(9-4-14)25-16-6-1-13(2-7-16)19-22-12-11-15(23-19)5-10-18(21)24/h1-4,6-9,11-12H,5,10H2,(H2,21,24). The molecule has 2 N–H and O–H groups in total. The van der Waals surface area contributed by atoms with Crippen molar-refractivity contribution in [3.63, 3.8) is 0 Å². The number of nitrogens with two attached hydrogens (primary N) is 1. The molecule has 1 amide bonds. The quantitative estimate of drug-likeness (QED) is 0.747. The Kier molecular flexibility index (Phi) is 4.99. The van der Waals surface area contributed by atoms with Gasteiger partial charge in [-0.25, -0.2) is 14.4 Å². The molecule has 3 aromatic rings. The second kappa shape index (κ2) is 7.53. The van der Waals surface area contributed by atoms with Crippen LogP contribution in [0, 0.1) is 5.82 Å². The summed E-state index contributed by atoms with van der Waals surface area (Å²) < 4.78 is 18.6. The number of hydrogen-bond acceptors (Lipinski definition) is 4. The Morgan fingerprint density at radius 1 is 1.00 bits per heavy atom. The van der Waals surface area contributed by atoms with Crippen molar-refractivity contribution in [3.05, 3.63) is 72.3 Å². The zero-order chi connectivity index (χ0) is 17.6. The first-order valence-electron chi connectivity index (χ1n) is 7.74. The molecule has 0 aliphatic heterocycles. The smallest absolute Gasteiger partial charge is 0.217 e. The van der Waals surface area contributed by atoms with Crippen LogP contribution in [0.2, 0.25) is 0 Å². The van der Waals surface area contributed by atoms with Crippen molar-refractivity contribution in [3.8, 4) is 22.9 Å². The summed E-state index contributed by atoms with van der Waals surface area (Å²) in [6.45, 7) is 0. The fourth-order valence-corrected chi connectivity index (χ4v) is 2.24. The van der Waals surface area contributed by atoms with Crippen LogP contribution in [0.1, 0.15) is 12.1 Å². The van der Waals surface area contributed by atoms with Gasteiger partial charge in [-0.05, 0) is 61.0 Å². The summed E-state index contributed by atoms with van der Waals surface area (Å²) in [6.07, 6.45) is 2.39. The molecule has 0 aliphatic rings. The summed E-state index contributed by atoms with van der Waals surface area (Å²) in [7, 11) is 0. The monoisotopic (exact) mass is 337 g/mol. The van der Waals surface area contributed by atoms with E-state index in [9.17, 15) is 9.18 Å². The van der Waals surface area contributed by atoms with E-state index in [1.807, 2.05) is 12.1 Å². The predicted octanol–water partition coefficient (Wildman–Crippen LogP) is 3.49. The van der Waals surface area contributed by atoms with Gasteiger partial charge >= 0.3 is 0 Å². The van der Waals surface area contributed by atoms with Crippen LogP contribution in [0.4, 0.5) is 4.39 Å². The third-order valence-electron chi connectivity index (χ3n) is 3.50. The molecule has 0 aliphatic carbocycles. The van der Waals surface area contributed by atoms with Crippen molar-refractivity contribution in [2.45, 2.75) is 12.8 Å². The molecule has 0 bridgehead atoms. The first-order chi connectivity index (χ1) is 12.1. The zero-order valence-electron chi connectivity index (χ0n) is 13.4. The Hall–Kier alpha value is -3.28. The number of aryl methyl sites for hydroxylation is 1. The lowest BCUT2D eigenvalue weighted by Gasteiger charge is -2.07. The van der Waals surface area contributed by atoms with E-state index in [0.29, 0.717) is 23.7 Å². The molecule has 1 aromatic heterocycles. The van der Waals surface area contributed by atoms with Gasteiger partial charge in [-0.2, -0.15) is 0 Å². The van der Waals surface area contributed by atoms with Gasteiger partial charge in [0.2, 0.25) is 5.91 Å². The number of carbonyl (C=O) groups excluding carboxylic acids is 1. The van der Waals surface area contributed by atoms with E-state index < -0.39 is 0 Å². The molecule has 5 nitrogen and oxygen atoms in total. The highest BCUT2D eigenvalue weighted by molar-refractivity contribution is 5.73. The third kappa shape index (κ3) is 4.60. The van der Waals surface area contributed by atoms with Gasteiger partial charge in [-0.15, -0.1) is 0 Å². The number of hydrogen-bond donors (Lipinski definition) is 1. The fourth-order valence-electron chi connectivity index (χ4n) is 2.24. The van der Waals surface area contributed by atoms with Gasteiger partial charge in [0.05, 0.1) is 0 Å². The van der Waals surface area contributed by atoms with Crippen molar-refractivity contribution >= 4 is 5.91 Å². The number of amides is 1. The van der Waals surface area contributed by atoms with E-state index in [1.165, 1.54) is 12.1 Å². The second-order valence-corrected chi connectivity index (χ2v) is 5.42. The van der Waals surface area contributed by atoms with Gasteiger partial charge in [-0.1, -0.05) is 0 Å². The van der Waals surface area contributed by atoms with Crippen molar-refractivity contribution in [2.24, 2.45) is 5.73 Å². The Bertz CT molecular complexity index is 865. The summed E-state index contributed by atoms with van der Waals surface area (Å²) in [5, 5.41) is 0. The summed E-state index contributed by atoms with van der Waals surface area (Å²) in [5.74, 6) is 1.08. The maximum atomic E-state index is 12.9. The van der Waals surface area contributed by atoms with Crippen LogP contribution in [0.5, 0.6) is 11.5 Å². The Labute approximate surface area is 144 Å². The Morgan fingerprint density at radius 3 is 2.28 bits per heavy atom. The minimum atomic E-state index is -0.359. The molecular weight excluding hydrogens is 321 g/mol. The molecule has 0 spiro atoms. The maximum absolute atomic E-state index is 12.9. The first kappa shape index (κ1) is 16.6. The van der Waals surface area contributed by atoms with Crippen LogP contribution in [-0.4, -0.2) is 15.9 Å². The van der Waals surface area contributed by atoms with Gasteiger partial charge in [-0.3, -0.25) is 4.79 Å². The molecule has 0 fully saturated rings. The molecular formula is C19H16FN3O2. The van der Waals surface area contributed by atoms with Crippen LogP contribution in [0.3, 0.4) is 0 Å². The minimum Gasteiger partial charge on any atom is -0.457 e. The third-order valence-corrected chi connectivity index (χ3v) is 3.50. The molecule has 1 heterocycles. The molecule has 3 rings (SSSR count). The van der Waals surface area contributed by atoms with Crippen molar-refractivity contribution in [2.75, 3.05) is 0 Å².